The molecule has 3 aliphatic rings. The second-order valence-corrected chi connectivity index (χ2v) is 15.3. The highest BCUT2D eigenvalue weighted by atomic mass is 35.5. The molecule has 2 aliphatic carbocycles. The van der Waals surface area contributed by atoms with Crippen molar-refractivity contribution in [3.8, 4) is 11.5 Å². The van der Waals surface area contributed by atoms with Gasteiger partial charge in [0.25, 0.3) is 5.91 Å². The predicted octanol–water partition coefficient (Wildman–Crippen LogP) is 8.68. The summed E-state index contributed by atoms with van der Waals surface area (Å²) in [5, 5.41) is 3.21. The molecule has 0 radical (unpaired) electrons. The topological polar surface area (TPSA) is 84.9 Å². The van der Waals surface area contributed by atoms with Gasteiger partial charge < -0.3 is 19.7 Å². The number of Topliss-reactive ketones (excluding diaryl/α,β-unsaturated/α-hetero) is 2. The molecule has 7 nitrogen and oxygen atoms in total. The number of nitrogens with zero attached hydrogens (tertiary/aromatic N) is 1. The summed E-state index contributed by atoms with van der Waals surface area (Å²) in [6.45, 7) is 11.3. The molecule has 1 amide bonds. The Kier molecular flexibility index (Phi) is 9.76. The van der Waals surface area contributed by atoms with Crippen molar-refractivity contribution in [1.29, 1.82) is 0 Å². The average Bonchev–Trinajstić information content (AvgIpc) is 3.03. The molecule has 0 fully saturated rings. The van der Waals surface area contributed by atoms with E-state index in [-0.39, 0.29) is 34.9 Å². The maximum atomic E-state index is 14.3. The summed E-state index contributed by atoms with van der Waals surface area (Å²) in [5.74, 6) is 0.142. The number of ketones is 2. The minimum Gasteiger partial charge on any atom is -0.490 e. The number of anilines is 1. The quantitative estimate of drug-likeness (QED) is 0.231. The van der Waals surface area contributed by atoms with Gasteiger partial charge in [0, 0.05) is 47.8 Å². The normalized spacial score (nSPS) is 18.6. The zero-order chi connectivity index (χ0) is 34.9. The van der Waals surface area contributed by atoms with Crippen LogP contribution in [-0.4, -0.2) is 42.1 Å². The third-order valence-electron chi connectivity index (χ3n) is 9.60. The van der Waals surface area contributed by atoms with E-state index in [0.717, 1.165) is 47.4 Å². The molecule has 0 saturated heterocycles. The molecule has 0 saturated carbocycles. The number of nitrogens with one attached hydrogen (secondary N) is 1. The Morgan fingerprint density at radius 3 is 2.04 bits per heavy atom. The largest absolute Gasteiger partial charge is 0.490 e. The Bertz CT molecular complexity index is 1790. The van der Waals surface area contributed by atoms with Gasteiger partial charge in [-0.1, -0.05) is 87.8 Å². The minimum atomic E-state index is -0.512. The first-order valence-corrected chi connectivity index (χ1v) is 17.5. The molecule has 0 aromatic heterocycles. The molecule has 1 aliphatic heterocycles. The zero-order valence-corrected chi connectivity index (χ0v) is 29.8. The second kappa shape index (κ2) is 13.9. The third-order valence-corrected chi connectivity index (χ3v) is 9.93. The molecular formula is C41H45ClN2O5. The van der Waals surface area contributed by atoms with Crippen LogP contribution in [-0.2, 0) is 20.8 Å². The monoisotopic (exact) mass is 680 g/mol. The van der Waals surface area contributed by atoms with Crippen LogP contribution in [0.15, 0.2) is 95.3 Å². The number of rotatable bonds is 10. The third kappa shape index (κ3) is 7.47. The fourth-order valence-corrected chi connectivity index (χ4v) is 7.70. The van der Waals surface area contributed by atoms with Crippen LogP contribution in [0.4, 0.5) is 5.69 Å². The van der Waals surface area contributed by atoms with Crippen molar-refractivity contribution in [3.63, 3.8) is 0 Å². The Morgan fingerprint density at radius 2 is 1.43 bits per heavy atom. The van der Waals surface area contributed by atoms with Gasteiger partial charge in [-0.3, -0.25) is 14.4 Å². The number of amides is 1. The molecule has 0 unspecified atom stereocenters. The SMILES string of the molecule is CCOc1cc(C2C3=C(CC(C)(C)CC3=O)N(CCc3ccccc3)C3=C2C(=O)CC(C)(C)C3)ccc1OCC(=O)Nc1ccccc1Cl. The van der Waals surface area contributed by atoms with Gasteiger partial charge in [0.05, 0.1) is 17.3 Å². The van der Waals surface area contributed by atoms with Crippen molar-refractivity contribution < 1.29 is 23.9 Å². The lowest BCUT2D eigenvalue weighted by molar-refractivity contribution is -0.120. The molecule has 0 bridgehead atoms. The molecule has 8 heteroatoms. The van der Waals surface area contributed by atoms with E-state index in [1.54, 1.807) is 30.3 Å². The van der Waals surface area contributed by atoms with Crippen LogP contribution >= 0.6 is 11.6 Å². The first-order chi connectivity index (χ1) is 23.4. The zero-order valence-electron chi connectivity index (χ0n) is 29.0. The standard InChI is InChI=1S/C41H45ClN2O5/c1-6-48-35-20-27(16-17-34(35)49-25-36(47)43-29-15-11-10-14-28(29)42)37-38-30(21-40(2,3)23-32(38)45)44(19-18-26-12-8-7-9-13-26)31-22-41(4,5)24-33(46)39(31)37/h7-17,20,37H,6,18-19,21-25H2,1-5H3,(H,43,47). The summed E-state index contributed by atoms with van der Waals surface area (Å²) >= 11 is 6.21. The summed E-state index contributed by atoms with van der Waals surface area (Å²) in [5.41, 5.74) is 5.59. The first-order valence-electron chi connectivity index (χ1n) is 17.1. The van der Waals surface area contributed by atoms with Gasteiger partial charge in [-0.05, 0) is 72.4 Å². The van der Waals surface area contributed by atoms with E-state index < -0.39 is 5.92 Å². The molecule has 0 spiro atoms. The van der Waals surface area contributed by atoms with Gasteiger partial charge in [0.2, 0.25) is 0 Å². The maximum Gasteiger partial charge on any atom is 0.262 e. The molecule has 1 N–H and O–H groups in total. The lowest BCUT2D eigenvalue weighted by Gasteiger charge is -2.49. The number of hydrogen-bond acceptors (Lipinski definition) is 6. The minimum absolute atomic E-state index is 0.0830. The highest BCUT2D eigenvalue weighted by Gasteiger charge is 2.49. The lowest BCUT2D eigenvalue weighted by atomic mass is 9.63. The number of benzene rings is 3. The van der Waals surface area contributed by atoms with E-state index in [2.05, 4.69) is 50.0 Å². The highest BCUT2D eigenvalue weighted by Crippen LogP contribution is 2.55. The fraction of sp³-hybridized carbons (Fsp3) is 0.390. The number of hydrogen-bond donors (Lipinski definition) is 1. The van der Waals surface area contributed by atoms with Crippen molar-refractivity contribution in [2.75, 3.05) is 25.1 Å². The molecule has 256 valence electrons. The van der Waals surface area contributed by atoms with Crippen LogP contribution in [0.5, 0.6) is 11.5 Å². The van der Waals surface area contributed by atoms with Crippen molar-refractivity contribution in [2.24, 2.45) is 10.8 Å². The molecule has 49 heavy (non-hydrogen) atoms. The number of allylic oxidation sites excluding steroid dienone is 4. The van der Waals surface area contributed by atoms with Crippen LogP contribution in [0, 0.1) is 10.8 Å². The van der Waals surface area contributed by atoms with Crippen LogP contribution in [0.1, 0.15) is 77.3 Å². The van der Waals surface area contributed by atoms with Gasteiger partial charge in [0.1, 0.15) is 0 Å². The lowest BCUT2D eigenvalue weighted by Crippen LogP contribution is -2.45. The Hall–Kier alpha value is -4.36. The number of carbonyl (C=O) groups excluding carboxylic acids is 3. The van der Waals surface area contributed by atoms with Crippen LogP contribution in [0.25, 0.3) is 0 Å². The van der Waals surface area contributed by atoms with E-state index in [9.17, 15) is 14.4 Å². The van der Waals surface area contributed by atoms with E-state index in [0.29, 0.717) is 48.2 Å². The maximum absolute atomic E-state index is 14.3. The Balaban J connectivity index is 1.39. The summed E-state index contributed by atoms with van der Waals surface area (Å²) in [4.78, 5) is 43.6. The molecular weight excluding hydrogens is 636 g/mol. The highest BCUT2D eigenvalue weighted by molar-refractivity contribution is 6.33. The Labute approximate surface area is 294 Å². The smallest absolute Gasteiger partial charge is 0.262 e. The summed E-state index contributed by atoms with van der Waals surface area (Å²) in [7, 11) is 0. The van der Waals surface area contributed by atoms with E-state index in [1.165, 1.54) is 5.56 Å². The number of halogens is 1. The number of carbonyl (C=O) groups is 3. The molecule has 3 aromatic carbocycles. The van der Waals surface area contributed by atoms with Gasteiger partial charge in [-0.15, -0.1) is 0 Å². The van der Waals surface area contributed by atoms with Gasteiger partial charge >= 0.3 is 0 Å². The molecule has 3 aromatic rings. The molecule has 6 rings (SSSR count). The van der Waals surface area contributed by atoms with Gasteiger partial charge in [-0.2, -0.15) is 0 Å². The van der Waals surface area contributed by atoms with Crippen LogP contribution < -0.4 is 14.8 Å². The van der Waals surface area contributed by atoms with Gasteiger partial charge in [-0.25, -0.2) is 0 Å². The Morgan fingerprint density at radius 1 is 0.816 bits per heavy atom. The van der Waals surface area contributed by atoms with Crippen molar-refractivity contribution in [3.05, 3.63) is 111 Å². The van der Waals surface area contributed by atoms with Crippen molar-refractivity contribution >= 4 is 34.8 Å². The molecule has 1 heterocycles. The van der Waals surface area contributed by atoms with Crippen LogP contribution in [0.2, 0.25) is 5.02 Å². The molecule has 0 atom stereocenters. The second-order valence-electron chi connectivity index (χ2n) is 14.9. The summed E-state index contributed by atoms with van der Waals surface area (Å²) in [6.07, 6.45) is 3.11. The van der Waals surface area contributed by atoms with Crippen LogP contribution in [0.3, 0.4) is 0 Å². The predicted molar refractivity (Wildman–Crippen MR) is 193 cm³/mol. The van der Waals surface area contributed by atoms with E-state index in [4.69, 9.17) is 21.1 Å². The van der Waals surface area contributed by atoms with Crippen molar-refractivity contribution in [1.82, 2.24) is 4.90 Å². The van der Waals surface area contributed by atoms with Gasteiger partial charge in [0.15, 0.2) is 29.7 Å². The summed E-state index contributed by atoms with van der Waals surface area (Å²) < 4.78 is 12.0. The summed E-state index contributed by atoms with van der Waals surface area (Å²) in [6, 6.07) is 22.9. The first kappa shape index (κ1) is 34.5. The number of para-hydroxylation sites is 1. The van der Waals surface area contributed by atoms with E-state index in [1.807, 2.05) is 37.3 Å². The average molecular weight is 681 g/mol. The van der Waals surface area contributed by atoms with E-state index >= 15 is 0 Å². The van der Waals surface area contributed by atoms with Crippen molar-refractivity contribution in [2.45, 2.75) is 72.6 Å². The number of ether oxygens (including phenoxy) is 2. The fourth-order valence-electron chi connectivity index (χ4n) is 7.52.